The maximum atomic E-state index is 7.43. The summed E-state index contributed by atoms with van der Waals surface area (Å²) in [5.74, 6) is 1.19. The first-order valence-corrected chi connectivity index (χ1v) is 6.93. The van der Waals surface area contributed by atoms with Crippen molar-refractivity contribution >= 4 is 33.6 Å². The number of pyridine rings is 1. The van der Waals surface area contributed by atoms with Crippen LogP contribution in [0.5, 0.6) is 0 Å². The van der Waals surface area contributed by atoms with Gasteiger partial charge in [0.25, 0.3) is 0 Å². The highest BCUT2D eigenvalue weighted by Crippen LogP contribution is 2.24. The SMILES string of the molecule is CC(C)c1cccc(Nc2cc(Br)ccc2C=N)n1. The second-order valence-electron chi connectivity index (χ2n) is 4.60. The third-order valence-corrected chi connectivity index (χ3v) is 3.29. The van der Waals surface area contributed by atoms with Crippen molar-refractivity contribution in [1.29, 1.82) is 5.41 Å². The molecule has 19 heavy (non-hydrogen) atoms. The molecule has 4 heteroatoms. The van der Waals surface area contributed by atoms with Gasteiger partial charge in [-0.25, -0.2) is 4.98 Å². The Kier molecular flexibility index (Phi) is 4.32. The quantitative estimate of drug-likeness (QED) is 0.802. The van der Waals surface area contributed by atoms with Gasteiger partial charge in [0.1, 0.15) is 5.82 Å². The fraction of sp³-hybridized carbons (Fsp3) is 0.200. The summed E-state index contributed by atoms with van der Waals surface area (Å²) in [5, 5.41) is 10.7. The molecular formula is C15H16BrN3. The molecule has 0 atom stereocenters. The van der Waals surface area contributed by atoms with Gasteiger partial charge >= 0.3 is 0 Å². The molecule has 2 rings (SSSR count). The molecule has 2 aromatic rings. The molecule has 0 saturated carbocycles. The Bertz CT molecular complexity index is 594. The summed E-state index contributed by atoms with van der Waals surface area (Å²) in [7, 11) is 0. The van der Waals surface area contributed by atoms with Gasteiger partial charge in [-0.15, -0.1) is 0 Å². The number of halogens is 1. The van der Waals surface area contributed by atoms with Crippen LogP contribution in [0.2, 0.25) is 0 Å². The van der Waals surface area contributed by atoms with E-state index in [1.165, 1.54) is 6.21 Å². The van der Waals surface area contributed by atoms with Crippen LogP contribution in [0.25, 0.3) is 0 Å². The molecule has 0 aliphatic carbocycles. The van der Waals surface area contributed by atoms with Crippen molar-refractivity contribution in [2.45, 2.75) is 19.8 Å². The molecule has 0 aliphatic rings. The lowest BCUT2D eigenvalue weighted by Gasteiger charge is -2.11. The summed E-state index contributed by atoms with van der Waals surface area (Å²) >= 11 is 3.44. The van der Waals surface area contributed by atoms with Crippen LogP contribution >= 0.6 is 15.9 Å². The Labute approximate surface area is 121 Å². The highest BCUT2D eigenvalue weighted by molar-refractivity contribution is 9.10. The third-order valence-electron chi connectivity index (χ3n) is 2.80. The number of nitrogens with zero attached hydrogens (tertiary/aromatic N) is 1. The van der Waals surface area contributed by atoms with Crippen LogP contribution in [0.4, 0.5) is 11.5 Å². The molecule has 98 valence electrons. The predicted molar refractivity (Wildman–Crippen MR) is 83.6 cm³/mol. The van der Waals surface area contributed by atoms with Crippen LogP contribution in [0.3, 0.4) is 0 Å². The third kappa shape index (κ3) is 3.41. The van der Waals surface area contributed by atoms with Crippen molar-refractivity contribution in [2.75, 3.05) is 5.32 Å². The van der Waals surface area contributed by atoms with Gasteiger partial charge in [-0.3, -0.25) is 0 Å². The minimum Gasteiger partial charge on any atom is -0.340 e. The summed E-state index contributed by atoms with van der Waals surface area (Å²) in [4.78, 5) is 4.57. The zero-order valence-electron chi connectivity index (χ0n) is 10.9. The Morgan fingerprint density at radius 2 is 2.05 bits per heavy atom. The molecule has 1 heterocycles. The molecule has 0 fully saturated rings. The number of hydrogen-bond acceptors (Lipinski definition) is 3. The van der Waals surface area contributed by atoms with Gasteiger partial charge in [0.15, 0.2) is 0 Å². The fourth-order valence-electron chi connectivity index (χ4n) is 1.74. The van der Waals surface area contributed by atoms with E-state index < -0.39 is 0 Å². The van der Waals surface area contributed by atoms with Gasteiger partial charge in [-0.05, 0) is 30.2 Å². The summed E-state index contributed by atoms with van der Waals surface area (Å²) in [5.41, 5.74) is 2.76. The molecular weight excluding hydrogens is 302 g/mol. The van der Waals surface area contributed by atoms with Gasteiger partial charge < -0.3 is 10.7 Å². The smallest absolute Gasteiger partial charge is 0.130 e. The molecule has 0 amide bonds. The number of anilines is 2. The van der Waals surface area contributed by atoms with Crippen LogP contribution in [0.15, 0.2) is 40.9 Å². The number of rotatable bonds is 4. The Morgan fingerprint density at radius 3 is 2.74 bits per heavy atom. The molecule has 2 N–H and O–H groups in total. The van der Waals surface area contributed by atoms with Crippen molar-refractivity contribution in [3.05, 3.63) is 52.1 Å². The molecule has 3 nitrogen and oxygen atoms in total. The second-order valence-corrected chi connectivity index (χ2v) is 5.52. The van der Waals surface area contributed by atoms with Gasteiger partial charge in [0.2, 0.25) is 0 Å². The van der Waals surface area contributed by atoms with E-state index in [0.717, 1.165) is 27.2 Å². The Hall–Kier alpha value is -1.68. The van der Waals surface area contributed by atoms with Crippen molar-refractivity contribution in [2.24, 2.45) is 0 Å². The van der Waals surface area contributed by atoms with Crippen molar-refractivity contribution < 1.29 is 0 Å². The van der Waals surface area contributed by atoms with Crippen LogP contribution < -0.4 is 5.32 Å². The highest BCUT2D eigenvalue weighted by Gasteiger charge is 2.05. The normalized spacial score (nSPS) is 10.5. The van der Waals surface area contributed by atoms with Crippen molar-refractivity contribution in [1.82, 2.24) is 4.98 Å². The minimum atomic E-state index is 0.395. The van der Waals surface area contributed by atoms with E-state index in [1.54, 1.807) is 0 Å². The first-order valence-electron chi connectivity index (χ1n) is 6.14. The van der Waals surface area contributed by atoms with E-state index >= 15 is 0 Å². The maximum Gasteiger partial charge on any atom is 0.130 e. The summed E-state index contributed by atoms with van der Waals surface area (Å²) < 4.78 is 0.973. The Morgan fingerprint density at radius 1 is 1.26 bits per heavy atom. The van der Waals surface area contributed by atoms with E-state index in [9.17, 15) is 0 Å². The largest absolute Gasteiger partial charge is 0.340 e. The number of hydrogen-bond donors (Lipinski definition) is 2. The standard InChI is InChI=1S/C15H16BrN3/c1-10(2)13-4-3-5-15(18-13)19-14-8-12(16)7-6-11(14)9-17/h3-10,17H,1-2H3,(H,18,19). The molecule has 0 radical (unpaired) electrons. The van der Waals surface area contributed by atoms with Crippen LogP contribution in [0.1, 0.15) is 31.0 Å². The molecule has 0 unspecified atom stereocenters. The van der Waals surface area contributed by atoms with E-state index in [-0.39, 0.29) is 0 Å². The molecule has 1 aromatic carbocycles. The molecule has 1 aromatic heterocycles. The summed E-state index contributed by atoms with van der Waals surface area (Å²) in [6.07, 6.45) is 1.33. The van der Waals surface area contributed by atoms with Crippen LogP contribution in [0, 0.1) is 5.41 Å². The van der Waals surface area contributed by atoms with E-state index in [1.807, 2.05) is 36.4 Å². The highest BCUT2D eigenvalue weighted by atomic mass is 79.9. The lowest BCUT2D eigenvalue weighted by atomic mass is 10.1. The van der Waals surface area contributed by atoms with Gasteiger partial charge in [0, 0.05) is 27.6 Å². The van der Waals surface area contributed by atoms with Crippen LogP contribution in [-0.4, -0.2) is 11.2 Å². The fourth-order valence-corrected chi connectivity index (χ4v) is 2.10. The average molecular weight is 318 g/mol. The first kappa shape index (κ1) is 13.7. The number of benzene rings is 1. The zero-order valence-corrected chi connectivity index (χ0v) is 12.5. The monoisotopic (exact) mass is 317 g/mol. The van der Waals surface area contributed by atoms with Gasteiger partial charge in [-0.1, -0.05) is 41.9 Å². The molecule has 0 saturated heterocycles. The van der Waals surface area contributed by atoms with Gasteiger partial charge in [-0.2, -0.15) is 0 Å². The van der Waals surface area contributed by atoms with E-state index in [0.29, 0.717) is 5.92 Å². The zero-order chi connectivity index (χ0) is 13.8. The average Bonchev–Trinajstić information content (AvgIpc) is 2.39. The second kappa shape index (κ2) is 5.97. The summed E-state index contributed by atoms with van der Waals surface area (Å²) in [6, 6.07) is 11.7. The maximum absolute atomic E-state index is 7.43. The molecule has 0 bridgehead atoms. The summed E-state index contributed by atoms with van der Waals surface area (Å²) in [6.45, 7) is 4.24. The van der Waals surface area contributed by atoms with Crippen molar-refractivity contribution in [3.8, 4) is 0 Å². The molecule has 0 spiro atoms. The number of aromatic nitrogens is 1. The first-order chi connectivity index (χ1) is 9.10. The van der Waals surface area contributed by atoms with Crippen LogP contribution in [-0.2, 0) is 0 Å². The van der Waals surface area contributed by atoms with Crippen molar-refractivity contribution in [3.63, 3.8) is 0 Å². The molecule has 0 aliphatic heterocycles. The van der Waals surface area contributed by atoms with E-state index in [4.69, 9.17) is 5.41 Å². The lowest BCUT2D eigenvalue weighted by molar-refractivity contribution is 0.825. The minimum absolute atomic E-state index is 0.395. The number of nitrogens with one attached hydrogen (secondary N) is 2. The Balaban J connectivity index is 2.33. The lowest BCUT2D eigenvalue weighted by Crippen LogP contribution is -2.00. The topological polar surface area (TPSA) is 48.8 Å². The van der Waals surface area contributed by atoms with Gasteiger partial charge in [0.05, 0.1) is 0 Å². The van der Waals surface area contributed by atoms with E-state index in [2.05, 4.69) is 40.1 Å². The predicted octanol–water partition coefficient (Wildman–Crippen LogP) is 4.71.